The van der Waals surface area contributed by atoms with Gasteiger partial charge in [-0.3, -0.25) is 9.69 Å². The maximum absolute atomic E-state index is 12.4. The minimum Gasteiger partial charge on any atom is -0.361 e. The van der Waals surface area contributed by atoms with E-state index in [1.807, 2.05) is 32.0 Å². The number of anilines is 1. The van der Waals surface area contributed by atoms with Gasteiger partial charge < -0.3 is 20.1 Å². The van der Waals surface area contributed by atoms with Crippen LogP contribution >= 0.6 is 0 Å². The molecule has 3 rings (SSSR count). The van der Waals surface area contributed by atoms with Gasteiger partial charge in [0.05, 0.1) is 0 Å². The highest BCUT2D eigenvalue weighted by atomic mass is 16.5. The summed E-state index contributed by atoms with van der Waals surface area (Å²) < 4.78 is 4.97. The Bertz CT molecular complexity index is 840. The van der Waals surface area contributed by atoms with Crippen LogP contribution in [0, 0.1) is 20.8 Å². The van der Waals surface area contributed by atoms with Crippen molar-refractivity contribution in [2.24, 2.45) is 0 Å². The number of hydrogen-bond acceptors (Lipinski definition) is 5. The summed E-state index contributed by atoms with van der Waals surface area (Å²) in [7, 11) is 0. The van der Waals surface area contributed by atoms with Gasteiger partial charge in [-0.25, -0.2) is 4.79 Å². The van der Waals surface area contributed by atoms with Gasteiger partial charge in [-0.1, -0.05) is 11.2 Å². The SMILES string of the molecule is Cc1cc(C(=O)N2CCN(CCNC(=O)Nc3ccc(C)c(C)c3)CC2)no1. The van der Waals surface area contributed by atoms with Crippen LogP contribution in [0.1, 0.15) is 27.4 Å². The molecule has 2 heterocycles. The summed E-state index contributed by atoms with van der Waals surface area (Å²) in [5, 5.41) is 9.52. The van der Waals surface area contributed by atoms with Crippen LogP contribution in [0.25, 0.3) is 0 Å². The molecule has 8 heteroatoms. The van der Waals surface area contributed by atoms with Gasteiger partial charge in [-0.15, -0.1) is 0 Å². The molecule has 1 aromatic carbocycles. The number of urea groups is 1. The molecular formula is C20H27N5O3. The Morgan fingerprint density at radius 3 is 2.46 bits per heavy atom. The minimum atomic E-state index is -0.210. The Kier molecular flexibility index (Phi) is 6.30. The van der Waals surface area contributed by atoms with Crippen LogP contribution in [-0.4, -0.2) is 66.2 Å². The molecule has 0 atom stereocenters. The zero-order valence-electron chi connectivity index (χ0n) is 16.6. The summed E-state index contributed by atoms with van der Waals surface area (Å²) in [6.45, 7) is 9.93. The molecular weight excluding hydrogens is 358 g/mol. The van der Waals surface area contributed by atoms with Crippen molar-refractivity contribution in [3.63, 3.8) is 0 Å². The van der Waals surface area contributed by atoms with E-state index >= 15 is 0 Å². The van der Waals surface area contributed by atoms with Crippen molar-refractivity contribution < 1.29 is 14.1 Å². The number of amides is 3. The van der Waals surface area contributed by atoms with E-state index in [2.05, 4.69) is 20.7 Å². The highest BCUT2D eigenvalue weighted by Crippen LogP contribution is 2.14. The summed E-state index contributed by atoms with van der Waals surface area (Å²) in [4.78, 5) is 28.4. The third-order valence-corrected chi connectivity index (χ3v) is 4.98. The molecule has 28 heavy (non-hydrogen) atoms. The van der Waals surface area contributed by atoms with Crippen molar-refractivity contribution in [1.82, 2.24) is 20.3 Å². The highest BCUT2D eigenvalue weighted by Gasteiger charge is 2.24. The Balaban J connectivity index is 1.36. The Morgan fingerprint density at radius 1 is 1.07 bits per heavy atom. The number of aromatic nitrogens is 1. The van der Waals surface area contributed by atoms with Gasteiger partial charge in [-0.2, -0.15) is 0 Å². The lowest BCUT2D eigenvalue weighted by Crippen LogP contribution is -2.50. The Hall–Kier alpha value is -2.87. The molecule has 1 aliphatic rings. The smallest absolute Gasteiger partial charge is 0.319 e. The predicted molar refractivity (Wildman–Crippen MR) is 107 cm³/mol. The van der Waals surface area contributed by atoms with E-state index in [-0.39, 0.29) is 11.9 Å². The molecule has 0 spiro atoms. The third-order valence-electron chi connectivity index (χ3n) is 4.98. The van der Waals surface area contributed by atoms with Crippen LogP contribution in [0.3, 0.4) is 0 Å². The molecule has 1 aromatic heterocycles. The minimum absolute atomic E-state index is 0.0950. The van der Waals surface area contributed by atoms with Crippen LogP contribution < -0.4 is 10.6 Å². The molecule has 0 saturated carbocycles. The van der Waals surface area contributed by atoms with E-state index in [9.17, 15) is 9.59 Å². The standard InChI is InChI=1S/C20H27N5O3/c1-14-4-5-17(12-15(14)2)22-20(27)21-6-7-24-8-10-25(11-9-24)19(26)18-13-16(3)28-23-18/h4-5,12-13H,6-11H2,1-3H3,(H2,21,22,27). The molecule has 150 valence electrons. The normalized spacial score (nSPS) is 14.8. The number of carbonyl (C=O) groups excluding carboxylic acids is 2. The van der Waals surface area contributed by atoms with Gasteiger partial charge in [0.2, 0.25) is 0 Å². The molecule has 0 aliphatic carbocycles. The number of nitrogens with one attached hydrogen (secondary N) is 2. The third kappa shape index (κ3) is 5.10. The topological polar surface area (TPSA) is 90.7 Å². The largest absolute Gasteiger partial charge is 0.361 e. The van der Waals surface area contributed by atoms with Gasteiger partial charge in [0, 0.05) is 51.0 Å². The second kappa shape index (κ2) is 8.88. The van der Waals surface area contributed by atoms with Gasteiger partial charge in [0.25, 0.3) is 5.91 Å². The van der Waals surface area contributed by atoms with Crippen molar-refractivity contribution in [2.45, 2.75) is 20.8 Å². The van der Waals surface area contributed by atoms with E-state index in [4.69, 9.17) is 4.52 Å². The summed E-state index contributed by atoms with van der Waals surface area (Å²) in [6, 6.07) is 7.30. The maximum atomic E-state index is 12.4. The molecule has 1 fully saturated rings. The van der Waals surface area contributed by atoms with Gasteiger partial charge in [0.15, 0.2) is 5.69 Å². The number of hydrogen-bond donors (Lipinski definition) is 2. The molecule has 2 aromatic rings. The van der Waals surface area contributed by atoms with Gasteiger partial charge in [0.1, 0.15) is 5.76 Å². The van der Waals surface area contributed by atoms with Crippen molar-refractivity contribution in [2.75, 3.05) is 44.6 Å². The quantitative estimate of drug-likeness (QED) is 0.823. The van der Waals surface area contributed by atoms with Gasteiger partial charge in [-0.05, 0) is 44.0 Å². The summed E-state index contributed by atoms with van der Waals surface area (Å²) in [5.74, 6) is 0.537. The average Bonchev–Trinajstić information content (AvgIpc) is 3.11. The van der Waals surface area contributed by atoms with Crippen LogP contribution in [0.15, 0.2) is 28.8 Å². The number of rotatable bonds is 5. The van der Waals surface area contributed by atoms with E-state index < -0.39 is 0 Å². The van der Waals surface area contributed by atoms with E-state index in [0.717, 1.165) is 30.9 Å². The van der Waals surface area contributed by atoms with Crippen molar-refractivity contribution >= 4 is 17.6 Å². The zero-order chi connectivity index (χ0) is 20.1. The fourth-order valence-electron chi connectivity index (χ4n) is 3.13. The van der Waals surface area contributed by atoms with E-state index in [0.29, 0.717) is 31.1 Å². The lowest BCUT2D eigenvalue weighted by molar-refractivity contribution is 0.0629. The number of nitrogens with zero attached hydrogens (tertiary/aromatic N) is 3. The van der Waals surface area contributed by atoms with E-state index in [1.165, 1.54) is 5.56 Å². The number of carbonyl (C=O) groups is 2. The molecule has 1 aliphatic heterocycles. The molecule has 8 nitrogen and oxygen atoms in total. The van der Waals surface area contributed by atoms with Crippen molar-refractivity contribution in [1.29, 1.82) is 0 Å². The second-order valence-electron chi connectivity index (χ2n) is 7.14. The molecule has 0 unspecified atom stereocenters. The lowest BCUT2D eigenvalue weighted by Gasteiger charge is -2.34. The number of piperazine rings is 1. The lowest BCUT2D eigenvalue weighted by atomic mass is 10.1. The summed E-state index contributed by atoms with van der Waals surface area (Å²) in [6.07, 6.45) is 0. The molecule has 3 amide bonds. The highest BCUT2D eigenvalue weighted by molar-refractivity contribution is 5.92. The Labute approximate surface area is 164 Å². The molecule has 1 saturated heterocycles. The summed E-state index contributed by atoms with van der Waals surface area (Å²) in [5.41, 5.74) is 3.49. The molecule has 0 radical (unpaired) electrons. The first-order chi connectivity index (χ1) is 13.4. The van der Waals surface area contributed by atoms with Crippen LogP contribution in [-0.2, 0) is 0 Å². The summed E-state index contributed by atoms with van der Waals surface area (Å²) >= 11 is 0. The number of benzene rings is 1. The number of aryl methyl sites for hydroxylation is 3. The zero-order valence-corrected chi connectivity index (χ0v) is 16.6. The van der Waals surface area contributed by atoms with Crippen LogP contribution in [0.2, 0.25) is 0 Å². The van der Waals surface area contributed by atoms with Crippen LogP contribution in [0.5, 0.6) is 0 Å². The van der Waals surface area contributed by atoms with Gasteiger partial charge >= 0.3 is 6.03 Å². The Morgan fingerprint density at radius 2 is 1.82 bits per heavy atom. The average molecular weight is 385 g/mol. The van der Waals surface area contributed by atoms with Crippen LogP contribution in [0.4, 0.5) is 10.5 Å². The second-order valence-corrected chi connectivity index (χ2v) is 7.14. The monoisotopic (exact) mass is 385 g/mol. The predicted octanol–water partition coefficient (Wildman–Crippen LogP) is 2.18. The van der Waals surface area contributed by atoms with Crippen molar-refractivity contribution in [3.05, 3.63) is 46.8 Å². The molecule has 0 bridgehead atoms. The van der Waals surface area contributed by atoms with Crippen molar-refractivity contribution in [3.8, 4) is 0 Å². The maximum Gasteiger partial charge on any atom is 0.319 e. The fraction of sp³-hybridized carbons (Fsp3) is 0.450. The first kappa shape index (κ1) is 19.9. The first-order valence-electron chi connectivity index (χ1n) is 9.49. The van der Waals surface area contributed by atoms with E-state index in [1.54, 1.807) is 17.9 Å². The molecule has 2 N–H and O–H groups in total. The first-order valence-corrected chi connectivity index (χ1v) is 9.49. The fourth-order valence-corrected chi connectivity index (χ4v) is 3.13.